The Morgan fingerprint density at radius 2 is 1.62 bits per heavy atom. The number of aliphatic hydroxyl groups is 3. The van der Waals surface area contributed by atoms with Gasteiger partial charge >= 0.3 is 11.9 Å². The van der Waals surface area contributed by atoms with Crippen LogP contribution in [0.5, 0.6) is 0 Å². The summed E-state index contributed by atoms with van der Waals surface area (Å²) in [5, 5.41) is 58.6. The quantitative estimate of drug-likeness (QED) is 0.156. The number of nitrogens with zero attached hydrogens (tertiary/aromatic N) is 1. The number of aliphatic hydroxyl groups excluding tert-OH is 3. The van der Waals surface area contributed by atoms with Crippen LogP contribution < -0.4 is 10.6 Å². The van der Waals surface area contributed by atoms with Gasteiger partial charge < -0.3 is 41.1 Å². The van der Waals surface area contributed by atoms with Gasteiger partial charge in [-0.1, -0.05) is 51.1 Å². The van der Waals surface area contributed by atoms with Crippen LogP contribution in [0, 0.1) is 46.3 Å². The SMILES string of the molecule is C[C@H](CCC(=O)N[C@@H](Cc1ccccc1)C(=O)N[C@@H](CC(=O)O)C(=O)N1CCC[C@H]1C(=O)O)[C@H]1CC[C@H]2[C@@H]3[C@H](O)C[C@@H]4C[C@H](O)CC[C@]4(C)[C@H]3C[C@H](O)[C@]12C. The number of likely N-dealkylation sites (tertiary alicyclic amines) is 1. The molecule has 0 radical (unpaired) electrons. The number of hydrogen-bond acceptors (Lipinski definition) is 8. The van der Waals surface area contributed by atoms with Crippen LogP contribution in [0.2, 0.25) is 0 Å². The molecule has 0 aromatic heterocycles. The number of hydrogen-bond donors (Lipinski definition) is 7. The number of carbonyl (C=O) groups excluding carboxylic acids is 3. The monoisotopic (exact) mass is 767 g/mol. The lowest BCUT2D eigenvalue weighted by molar-refractivity contribution is -0.207. The van der Waals surface area contributed by atoms with Crippen molar-refractivity contribution < 1.29 is 49.5 Å². The van der Waals surface area contributed by atoms with Crippen LogP contribution >= 0.6 is 0 Å². The molecular weight excluding hydrogens is 706 g/mol. The van der Waals surface area contributed by atoms with Gasteiger partial charge in [0.25, 0.3) is 0 Å². The highest BCUT2D eigenvalue weighted by Gasteiger charge is 2.65. The number of carboxylic acids is 2. The number of aliphatic carboxylic acids is 2. The van der Waals surface area contributed by atoms with E-state index in [1.807, 2.05) is 6.07 Å². The average molecular weight is 768 g/mol. The largest absolute Gasteiger partial charge is 0.481 e. The summed E-state index contributed by atoms with van der Waals surface area (Å²) in [7, 11) is 0. The van der Waals surface area contributed by atoms with E-state index < -0.39 is 65.9 Å². The minimum absolute atomic E-state index is 0.0220. The maximum atomic E-state index is 13.8. The molecule has 6 rings (SSSR count). The number of carboxylic acid groups (broad SMARTS) is 2. The Morgan fingerprint density at radius 1 is 0.891 bits per heavy atom. The molecule has 5 aliphatic rings. The molecule has 1 aromatic rings. The van der Waals surface area contributed by atoms with Crippen molar-refractivity contribution in [2.45, 2.75) is 141 Å². The minimum Gasteiger partial charge on any atom is -0.481 e. The molecule has 13 nitrogen and oxygen atoms in total. The second kappa shape index (κ2) is 16.5. The Labute approximate surface area is 323 Å². The van der Waals surface area contributed by atoms with Crippen molar-refractivity contribution in [2.24, 2.45) is 46.3 Å². The molecule has 0 spiro atoms. The number of nitrogens with one attached hydrogen (secondary N) is 2. The number of rotatable bonds is 13. The second-order valence-electron chi connectivity index (χ2n) is 18.0. The Morgan fingerprint density at radius 3 is 2.31 bits per heavy atom. The van der Waals surface area contributed by atoms with Gasteiger partial charge in [0, 0.05) is 19.4 Å². The normalized spacial score (nSPS) is 37.1. The molecule has 7 N–H and O–H groups in total. The van der Waals surface area contributed by atoms with Crippen LogP contribution in [-0.2, 0) is 30.4 Å². The Bertz CT molecular complexity index is 1590. The summed E-state index contributed by atoms with van der Waals surface area (Å²) >= 11 is 0. The Kier molecular flexibility index (Phi) is 12.3. The number of benzene rings is 1. The highest BCUT2D eigenvalue weighted by molar-refractivity contribution is 5.95. The van der Waals surface area contributed by atoms with Crippen LogP contribution in [0.25, 0.3) is 0 Å². The Hall–Kier alpha value is -3.55. The topological polar surface area (TPSA) is 214 Å². The predicted octanol–water partition coefficient (Wildman–Crippen LogP) is 3.13. The standard InChI is InChI=1S/C42H61N3O10/c1-23(27-12-13-28-37-29(21-34(48)42(27,28)3)41(2)16-15-26(46)19-25(41)20-33(37)47)11-14-35(49)43-30(18-24-8-5-4-6-9-24)38(52)44-31(22-36(50)51)39(53)45-17-7-10-32(45)40(54)55/h4-6,8-9,23,25-34,37,46-48H,7,10-22H2,1-3H3,(H,43,49)(H,44,52)(H,50,51)(H,54,55)/t23-,25+,26-,27-,28+,29+,30+,31+,32+,33-,34+,37+,41+,42-/m1/s1. The van der Waals surface area contributed by atoms with E-state index in [2.05, 4.69) is 31.4 Å². The number of fused-ring (bicyclic) bond motifs is 5. The molecule has 304 valence electrons. The van der Waals surface area contributed by atoms with Gasteiger partial charge in [-0.3, -0.25) is 19.2 Å². The third-order valence-corrected chi connectivity index (χ3v) is 15.1. The molecular formula is C42H61N3O10. The van der Waals surface area contributed by atoms with E-state index in [9.17, 15) is 49.5 Å². The van der Waals surface area contributed by atoms with E-state index in [1.54, 1.807) is 24.3 Å². The first-order valence-electron chi connectivity index (χ1n) is 20.5. The van der Waals surface area contributed by atoms with Crippen molar-refractivity contribution in [2.75, 3.05) is 6.54 Å². The zero-order chi connectivity index (χ0) is 39.8. The van der Waals surface area contributed by atoms with Crippen LogP contribution in [0.1, 0.15) is 103 Å². The molecule has 0 bridgehead atoms. The van der Waals surface area contributed by atoms with Gasteiger partial charge in [-0.15, -0.1) is 0 Å². The summed E-state index contributed by atoms with van der Waals surface area (Å²) in [4.78, 5) is 65.5. The van der Waals surface area contributed by atoms with E-state index in [4.69, 9.17) is 0 Å². The fourth-order valence-corrected chi connectivity index (χ4v) is 12.2. The summed E-state index contributed by atoms with van der Waals surface area (Å²) in [6, 6.07) is 5.26. The summed E-state index contributed by atoms with van der Waals surface area (Å²) < 4.78 is 0. The third-order valence-electron chi connectivity index (χ3n) is 15.1. The first-order valence-corrected chi connectivity index (χ1v) is 20.5. The molecule has 1 aliphatic heterocycles. The maximum Gasteiger partial charge on any atom is 0.326 e. The fourth-order valence-electron chi connectivity index (χ4n) is 12.2. The number of carbonyl (C=O) groups is 5. The summed E-state index contributed by atoms with van der Waals surface area (Å²) in [6.07, 6.45) is 4.72. The van der Waals surface area contributed by atoms with E-state index >= 15 is 0 Å². The van der Waals surface area contributed by atoms with Crippen LogP contribution in [-0.4, -0.2) is 103 Å². The molecule has 13 heteroatoms. The van der Waals surface area contributed by atoms with Gasteiger partial charge in [0.15, 0.2) is 0 Å². The average Bonchev–Trinajstić information content (AvgIpc) is 3.77. The summed E-state index contributed by atoms with van der Waals surface area (Å²) in [5.41, 5.74) is 0.296. The summed E-state index contributed by atoms with van der Waals surface area (Å²) in [6.45, 7) is 6.73. The highest BCUT2D eigenvalue weighted by atomic mass is 16.4. The molecule has 3 amide bonds. The zero-order valence-electron chi connectivity index (χ0n) is 32.4. The fraction of sp³-hybridized carbons (Fsp3) is 0.738. The van der Waals surface area contributed by atoms with Crippen LogP contribution in [0.4, 0.5) is 0 Å². The van der Waals surface area contributed by atoms with E-state index in [1.165, 1.54) is 0 Å². The van der Waals surface area contributed by atoms with E-state index in [0.29, 0.717) is 32.1 Å². The van der Waals surface area contributed by atoms with Gasteiger partial charge in [-0.05, 0) is 116 Å². The lowest BCUT2D eigenvalue weighted by atomic mass is 9.43. The van der Waals surface area contributed by atoms with Gasteiger partial charge in [0.2, 0.25) is 17.7 Å². The molecule has 1 saturated heterocycles. The molecule has 5 fully saturated rings. The van der Waals surface area contributed by atoms with E-state index in [-0.39, 0.29) is 78.7 Å². The van der Waals surface area contributed by atoms with Crippen molar-refractivity contribution in [1.29, 1.82) is 0 Å². The van der Waals surface area contributed by atoms with Crippen LogP contribution in [0.15, 0.2) is 30.3 Å². The smallest absolute Gasteiger partial charge is 0.326 e. The molecule has 4 saturated carbocycles. The molecule has 1 aromatic carbocycles. The zero-order valence-corrected chi connectivity index (χ0v) is 32.4. The molecule has 14 atom stereocenters. The first-order chi connectivity index (χ1) is 26.0. The molecule has 55 heavy (non-hydrogen) atoms. The van der Waals surface area contributed by atoms with Gasteiger partial charge in [0.05, 0.1) is 24.7 Å². The third kappa shape index (κ3) is 8.16. The number of amides is 3. The van der Waals surface area contributed by atoms with E-state index in [0.717, 1.165) is 36.1 Å². The van der Waals surface area contributed by atoms with Crippen molar-refractivity contribution in [1.82, 2.24) is 15.5 Å². The lowest BCUT2D eigenvalue weighted by Crippen LogP contribution is -2.62. The lowest BCUT2D eigenvalue weighted by Gasteiger charge is -2.63. The molecule has 0 unspecified atom stereocenters. The van der Waals surface area contributed by atoms with Gasteiger partial charge in [-0.25, -0.2) is 4.79 Å². The highest BCUT2D eigenvalue weighted by Crippen LogP contribution is 2.68. The van der Waals surface area contributed by atoms with Gasteiger partial charge in [0.1, 0.15) is 18.1 Å². The van der Waals surface area contributed by atoms with Crippen molar-refractivity contribution in [3.63, 3.8) is 0 Å². The van der Waals surface area contributed by atoms with Crippen molar-refractivity contribution in [3.8, 4) is 0 Å². The van der Waals surface area contributed by atoms with Crippen molar-refractivity contribution >= 4 is 29.7 Å². The summed E-state index contributed by atoms with van der Waals surface area (Å²) in [5.74, 6) is -3.59. The molecule has 4 aliphatic carbocycles. The maximum absolute atomic E-state index is 13.8. The van der Waals surface area contributed by atoms with Crippen molar-refractivity contribution in [3.05, 3.63) is 35.9 Å². The first kappa shape index (κ1) is 41.1. The predicted molar refractivity (Wildman–Crippen MR) is 201 cm³/mol. The second-order valence-corrected chi connectivity index (χ2v) is 18.0. The minimum atomic E-state index is -1.52. The van der Waals surface area contributed by atoms with Crippen LogP contribution in [0.3, 0.4) is 0 Å². The van der Waals surface area contributed by atoms with Gasteiger partial charge in [-0.2, -0.15) is 0 Å². The Balaban J connectivity index is 1.12. The molecule has 1 heterocycles.